The molecule has 5 heteroatoms. The Labute approximate surface area is 125 Å². The summed E-state index contributed by atoms with van der Waals surface area (Å²) in [5.74, 6) is 0.213. The Balaban J connectivity index is 1.96. The Morgan fingerprint density at radius 1 is 1.38 bits per heavy atom. The van der Waals surface area contributed by atoms with Gasteiger partial charge in [0.2, 0.25) is 5.91 Å². The van der Waals surface area contributed by atoms with Gasteiger partial charge in [-0.3, -0.25) is 4.79 Å². The highest BCUT2D eigenvalue weighted by Gasteiger charge is 2.29. The third-order valence-electron chi connectivity index (χ3n) is 4.03. The van der Waals surface area contributed by atoms with Gasteiger partial charge >= 0.3 is 0 Å². The molecule has 1 saturated heterocycles. The van der Waals surface area contributed by atoms with Crippen LogP contribution in [0.3, 0.4) is 0 Å². The minimum atomic E-state index is -0.255. The van der Waals surface area contributed by atoms with E-state index in [1.165, 1.54) is 5.56 Å². The standard InChI is InChI=1S/C16H23N3O2/c1-12-5-7-13(8-6-12)9-10-15(20)19-11-3-2-4-14(19)16(17)18-21/h5-8,14,21H,2-4,9-11H2,1H3,(H2,17,18). The lowest BCUT2D eigenvalue weighted by molar-refractivity contribution is -0.133. The molecule has 21 heavy (non-hydrogen) atoms. The number of carbonyl (C=O) groups is 1. The number of hydrogen-bond donors (Lipinski definition) is 2. The first-order valence-corrected chi connectivity index (χ1v) is 7.44. The van der Waals surface area contributed by atoms with Crippen molar-refractivity contribution in [3.05, 3.63) is 35.4 Å². The van der Waals surface area contributed by atoms with Gasteiger partial charge in [0.25, 0.3) is 0 Å². The number of oxime groups is 1. The zero-order chi connectivity index (χ0) is 15.2. The Kier molecular flexibility index (Phi) is 5.20. The molecular weight excluding hydrogens is 266 g/mol. The van der Waals surface area contributed by atoms with Crippen LogP contribution >= 0.6 is 0 Å². The molecule has 0 spiro atoms. The van der Waals surface area contributed by atoms with Crippen molar-refractivity contribution in [2.75, 3.05) is 6.54 Å². The summed E-state index contributed by atoms with van der Waals surface area (Å²) in [6.45, 7) is 2.73. The van der Waals surface area contributed by atoms with E-state index >= 15 is 0 Å². The van der Waals surface area contributed by atoms with Crippen LogP contribution < -0.4 is 5.73 Å². The second kappa shape index (κ2) is 7.11. The fourth-order valence-corrected chi connectivity index (χ4v) is 2.75. The van der Waals surface area contributed by atoms with Gasteiger partial charge in [-0.2, -0.15) is 0 Å². The maximum atomic E-state index is 12.4. The number of aryl methyl sites for hydroxylation is 2. The van der Waals surface area contributed by atoms with Crippen LogP contribution in [0.4, 0.5) is 0 Å². The Morgan fingerprint density at radius 2 is 2.10 bits per heavy atom. The lowest BCUT2D eigenvalue weighted by Crippen LogP contribution is -2.50. The summed E-state index contributed by atoms with van der Waals surface area (Å²) in [7, 11) is 0. The molecule has 1 aliphatic heterocycles. The van der Waals surface area contributed by atoms with Crippen LogP contribution in [0.2, 0.25) is 0 Å². The lowest BCUT2D eigenvalue weighted by Gasteiger charge is -2.34. The molecule has 0 bridgehead atoms. The van der Waals surface area contributed by atoms with Gasteiger partial charge in [-0.05, 0) is 38.2 Å². The molecule has 1 heterocycles. The summed E-state index contributed by atoms with van der Waals surface area (Å²) >= 11 is 0. The van der Waals surface area contributed by atoms with Crippen LogP contribution in [0.1, 0.15) is 36.8 Å². The van der Waals surface area contributed by atoms with Crippen molar-refractivity contribution in [3.8, 4) is 0 Å². The summed E-state index contributed by atoms with van der Waals surface area (Å²) < 4.78 is 0. The second-order valence-corrected chi connectivity index (χ2v) is 5.61. The zero-order valence-electron chi connectivity index (χ0n) is 12.5. The molecule has 2 rings (SSSR count). The summed E-state index contributed by atoms with van der Waals surface area (Å²) in [5.41, 5.74) is 8.08. The number of hydrogen-bond acceptors (Lipinski definition) is 3. The monoisotopic (exact) mass is 289 g/mol. The van der Waals surface area contributed by atoms with E-state index in [0.717, 1.165) is 31.2 Å². The predicted octanol–water partition coefficient (Wildman–Crippen LogP) is 2.06. The number of nitrogens with zero attached hydrogens (tertiary/aromatic N) is 2. The fourth-order valence-electron chi connectivity index (χ4n) is 2.75. The Morgan fingerprint density at radius 3 is 2.76 bits per heavy atom. The number of carbonyl (C=O) groups excluding carboxylic acids is 1. The van der Waals surface area contributed by atoms with Crippen LogP contribution in [0.15, 0.2) is 29.4 Å². The van der Waals surface area contributed by atoms with Gasteiger partial charge in [0.15, 0.2) is 5.84 Å². The minimum absolute atomic E-state index is 0.0758. The van der Waals surface area contributed by atoms with E-state index in [4.69, 9.17) is 10.9 Å². The quantitative estimate of drug-likeness (QED) is 0.385. The van der Waals surface area contributed by atoms with Gasteiger partial charge < -0.3 is 15.8 Å². The summed E-state index contributed by atoms with van der Waals surface area (Å²) in [6, 6.07) is 7.97. The SMILES string of the molecule is Cc1ccc(CCC(=O)N2CCCCC2C(N)=NO)cc1. The molecule has 1 amide bonds. The first-order valence-electron chi connectivity index (χ1n) is 7.44. The molecule has 1 aromatic carbocycles. The predicted molar refractivity (Wildman–Crippen MR) is 82.3 cm³/mol. The van der Waals surface area contributed by atoms with Crippen molar-refractivity contribution < 1.29 is 10.0 Å². The number of benzene rings is 1. The van der Waals surface area contributed by atoms with Crippen molar-refractivity contribution >= 4 is 11.7 Å². The second-order valence-electron chi connectivity index (χ2n) is 5.61. The van der Waals surface area contributed by atoms with Crippen LogP contribution in [-0.4, -0.2) is 34.4 Å². The normalized spacial score (nSPS) is 19.6. The molecular formula is C16H23N3O2. The van der Waals surface area contributed by atoms with Crippen molar-refractivity contribution in [2.45, 2.75) is 45.1 Å². The first kappa shape index (κ1) is 15.4. The highest BCUT2D eigenvalue weighted by molar-refractivity contribution is 5.90. The Hall–Kier alpha value is -2.04. The molecule has 0 aliphatic carbocycles. The first-order chi connectivity index (χ1) is 10.1. The zero-order valence-corrected chi connectivity index (χ0v) is 12.5. The maximum absolute atomic E-state index is 12.4. The number of piperidine rings is 1. The third-order valence-corrected chi connectivity index (χ3v) is 4.03. The topological polar surface area (TPSA) is 78.9 Å². The molecule has 0 aromatic heterocycles. The number of nitrogens with two attached hydrogens (primary N) is 1. The highest BCUT2D eigenvalue weighted by atomic mass is 16.4. The number of amides is 1. The summed E-state index contributed by atoms with van der Waals surface area (Å²) in [6.07, 6.45) is 3.93. The maximum Gasteiger partial charge on any atom is 0.223 e. The minimum Gasteiger partial charge on any atom is -0.409 e. The summed E-state index contributed by atoms with van der Waals surface area (Å²) in [4.78, 5) is 14.2. The van der Waals surface area contributed by atoms with E-state index in [9.17, 15) is 4.79 Å². The molecule has 0 radical (unpaired) electrons. The molecule has 5 nitrogen and oxygen atoms in total. The molecule has 1 aliphatic rings. The molecule has 1 unspecified atom stereocenters. The van der Waals surface area contributed by atoms with Crippen molar-refractivity contribution in [2.24, 2.45) is 10.9 Å². The van der Waals surface area contributed by atoms with Crippen LogP contribution in [-0.2, 0) is 11.2 Å². The molecule has 1 atom stereocenters. The third kappa shape index (κ3) is 3.97. The van der Waals surface area contributed by atoms with E-state index in [0.29, 0.717) is 13.0 Å². The van der Waals surface area contributed by atoms with E-state index in [1.54, 1.807) is 4.90 Å². The smallest absolute Gasteiger partial charge is 0.223 e. The van der Waals surface area contributed by atoms with Gasteiger partial charge in [0.05, 0.1) is 6.04 Å². The van der Waals surface area contributed by atoms with Crippen molar-refractivity contribution in [1.29, 1.82) is 0 Å². The van der Waals surface area contributed by atoms with Crippen molar-refractivity contribution in [1.82, 2.24) is 4.90 Å². The average molecular weight is 289 g/mol. The van der Waals surface area contributed by atoms with E-state index in [-0.39, 0.29) is 17.8 Å². The van der Waals surface area contributed by atoms with Crippen LogP contribution in [0, 0.1) is 6.92 Å². The fraction of sp³-hybridized carbons (Fsp3) is 0.500. The van der Waals surface area contributed by atoms with Gasteiger partial charge in [0.1, 0.15) is 0 Å². The molecule has 1 fully saturated rings. The van der Waals surface area contributed by atoms with Crippen LogP contribution in [0.25, 0.3) is 0 Å². The lowest BCUT2D eigenvalue weighted by atomic mass is 10.00. The van der Waals surface area contributed by atoms with Gasteiger partial charge in [-0.1, -0.05) is 35.0 Å². The number of likely N-dealkylation sites (tertiary alicyclic amines) is 1. The summed E-state index contributed by atoms with van der Waals surface area (Å²) in [5, 5.41) is 11.9. The van der Waals surface area contributed by atoms with Gasteiger partial charge in [-0.25, -0.2) is 0 Å². The van der Waals surface area contributed by atoms with E-state index < -0.39 is 0 Å². The van der Waals surface area contributed by atoms with Gasteiger partial charge in [-0.15, -0.1) is 0 Å². The average Bonchev–Trinajstić information content (AvgIpc) is 2.53. The van der Waals surface area contributed by atoms with Crippen molar-refractivity contribution in [3.63, 3.8) is 0 Å². The van der Waals surface area contributed by atoms with E-state index in [2.05, 4.69) is 29.4 Å². The van der Waals surface area contributed by atoms with Gasteiger partial charge in [0, 0.05) is 13.0 Å². The number of amidine groups is 1. The number of rotatable bonds is 4. The van der Waals surface area contributed by atoms with Crippen LogP contribution in [0.5, 0.6) is 0 Å². The molecule has 0 saturated carbocycles. The molecule has 3 N–H and O–H groups in total. The largest absolute Gasteiger partial charge is 0.409 e. The van der Waals surface area contributed by atoms with E-state index in [1.807, 2.05) is 6.92 Å². The highest BCUT2D eigenvalue weighted by Crippen LogP contribution is 2.19. The molecule has 114 valence electrons. The molecule has 1 aromatic rings. The Bertz CT molecular complexity index is 511.